The minimum atomic E-state index is -0.362. The fraction of sp³-hybridized carbons (Fsp3) is 0.571. The molecule has 0 bridgehead atoms. The molecule has 0 spiro atoms. The summed E-state index contributed by atoms with van der Waals surface area (Å²) in [5.74, 6) is -0.362. The maximum atomic E-state index is 11.7. The SMILES string of the molecule is Cn1cc(N)cc1C(=O)OCCCCC(C)(C)C#N. The molecule has 104 valence electrons. The van der Waals surface area contributed by atoms with Crippen molar-refractivity contribution < 1.29 is 9.53 Å². The first-order valence-corrected chi connectivity index (χ1v) is 6.36. The van der Waals surface area contributed by atoms with Gasteiger partial charge in [0.05, 0.1) is 23.8 Å². The molecule has 0 aromatic carbocycles. The van der Waals surface area contributed by atoms with E-state index in [2.05, 4.69) is 6.07 Å². The van der Waals surface area contributed by atoms with Crippen LogP contribution in [0.15, 0.2) is 12.3 Å². The number of nitrogens with two attached hydrogens (primary N) is 1. The van der Waals surface area contributed by atoms with E-state index in [1.54, 1.807) is 23.9 Å². The number of hydrogen-bond donors (Lipinski definition) is 1. The molecule has 19 heavy (non-hydrogen) atoms. The van der Waals surface area contributed by atoms with Gasteiger partial charge in [0.15, 0.2) is 0 Å². The van der Waals surface area contributed by atoms with Crippen LogP contribution in [0.25, 0.3) is 0 Å². The molecular formula is C14H21N3O2. The number of nitriles is 1. The first kappa shape index (κ1) is 15.1. The number of carbonyl (C=O) groups excluding carboxylic acids is 1. The third kappa shape index (κ3) is 4.66. The monoisotopic (exact) mass is 263 g/mol. The largest absolute Gasteiger partial charge is 0.461 e. The zero-order chi connectivity index (χ0) is 14.5. The van der Waals surface area contributed by atoms with Crippen molar-refractivity contribution in [2.45, 2.75) is 33.1 Å². The number of aromatic nitrogens is 1. The fourth-order valence-corrected chi connectivity index (χ4v) is 1.76. The molecule has 0 saturated heterocycles. The molecule has 5 heteroatoms. The Morgan fingerprint density at radius 3 is 2.74 bits per heavy atom. The molecule has 0 saturated carbocycles. The Bertz CT molecular complexity index is 483. The van der Waals surface area contributed by atoms with Gasteiger partial charge in [-0.3, -0.25) is 0 Å². The molecule has 0 radical (unpaired) electrons. The number of unbranched alkanes of at least 4 members (excludes halogenated alkanes) is 1. The van der Waals surface area contributed by atoms with E-state index in [0.717, 1.165) is 19.3 Å². The van der Waals surface area contributed by atoms with Crippen molar-refractivity contribution in [3.05, 3.63) is 18.0 Å². The smallest absolute Gasteiger partial charge is 0.355 e. The number of nitrogen functional groups attached to an aromatic ring is 1. The van der Waals surface area contributed by atoms with Crippen molar-refractivity contribution in [3.63, 3.8) is 0 Å². The van der Waals surface area contributed by atoms with Gasteiger partial charge in [0, 0.05) is 13.2 Å². The van der Waals surface area contributed by atoms with E-state index < -0.39 is 0 Å². The van der Waals surface area contributed by atoms with Gasteiger partial charge in [-0.2, -0.15) is 5.26 Å². The van der Waals surface area contributed by atoms with E-state index in [0.29, 0.717) is 18.0 Å². The Kier molecular flexibility index (Phi) is 4.99. The van der Waals surface area contributed by atoms with Gasteiger partial charge in [-0.1, -0.05) is 0 Å². The maximum Gasteiger partial charge on any atom is 0.355 e. The van der Waals surface area contributed by atoms with Crippen molar-refractivity contribution in [1.29, 1.82) is 5.26 Å². The molecule has 0 aliphatic rings. The van der Waals surface area contributed by atoms with Crippen LogP contribution in [0.4, 0.5) is 5.69 Å². The van der Waals surface area contributed by atoms with E-state index >= 15 is 0 Å². The van der Waals surface area contributed by atoms with Crippen molar-refractivity contribution in [2.75, 3.05) is 12.3 Å². The third-order valence-corrected chi connectivity index (χ3v) is 2.97. The highest BCUT2D eigenvalue weighted by Crippen LogP contribution is 2.21. The number of aryl methyl sites for hydroxylation is 1. The summed E-state index contributed by atoms with van der Waals surface area (Å²) in [5, 5.41) is 8.87. The van der Waals surface area contributed by atoms with Gasteiger partial charge in [0.25, 0.3) is 0 Å². The predicted octanol–water partition coefficient (Wildman–Crippen LogP) is 2.48. The van der Waals surface area contributed by atoms with Gasteiger partial charge in [-0.05, 0) is 39.2 Å². The summed E-state index contributed by atoms with van der Waals surface area (Å²) >= 11 is 0. The lowest BCUT2D eigenvalue weighted by molar-refractivity contribution is 0.0485. The molecular weight excluding hydrogens is 242 g/mol. The molecule has 1 rings (SSSR count). The second-order valence-electron chi connectivity index (χ2n) is 5.36. The molecule has 0 unspecified atom stereocenters. The Balaban J connectivity index is 2.29. The van der Waals surface area contributed by atoms with Crippen LogP contribution in [-0.4, -0.2) is 17.1 Å². The van der Waals surface area contributed by atoms with Gasteiger partial charge in [0.2, 0.25) is 0 Å². The van der Waals surface area contributed by atoms with Gasteiger partial charge >= 0.3 is 5.97 Å². The normalized spacial score (nSPS) is 11.1. The highest BCUT2D eigenvalue weighted by molar-refractivity contribution is 5.89. The lowest BCUT2D eigenvalue weighted by Crippen LogP contribution is -2.11. The summed E-state index contributed by atoms with van der Waals surface area (Å²) in [5.41, 5.74) is 6.29. The Morgan fingerprint density at radius 1 is 1.53 bits per heavy atom. The summed E-state index contributed by atoms with van der Waals surface area (Å²) in [7, 11) is 1.75. The van der Waals surface area contributed by atoms with Crippen LogP contribution in [0.1, 0.15) is 43.6 Å². The van der Waals surface area contributed by atoms with E-state index in [9.17, 15) is 4.79 Å². The van der Waals surface area contributed by atoms with Gasteiger partial charge in [0.1, 0.15) is 5.69 Å². The van der Waals surface area contributed by atoms with Crippen LogP contribution < -0.4 is 5.73 Å². The molecule has 0 aliphatic heterocycles. The number of esters is 1. The zero-order valence-electron chi connectivity index (χ0n) is 11.8. The average molecular weight is 263 g/mol. The lowest BCUT2D eigenvalue weighted by Gasteiger charge is -2.14. The number of nitrogens with zero attached hydrogens (tertiary/aromatic N) is 2. The molecule has 5 nitrogen and oxygen atoms in total. The molecule has 1 aromatic rings. The van der Waals surface area contributed by atoms with Gasteiger partial charge in [-0.15, -0.1) is 0 Å². The van der Waals surface area contributed by atoms with Crippen LogP contribution in [0, 0.1) is 16.7 Å². The summed E-state index contributed by atoms with van der Waals surface area (Å²) in [4.78, 5) is 11.7. The molecule has 0 aliphatic carbocycles. The van der Waals surface area contributed by atoms with E-state index in [1.165, 1.54) is 0 Å². The Labute approximate surface area is 114 Å². The second-order valence-corrected chi connectivity index (χ2v) is 5.36. The molecule has 2 N–H and O–H groups in total. The first-order chi connectivity index (χ1) is 8.85. The zero-order valence-corrected chi connectivity index (χ0v) is 11.8. The van der Waals surface area contributed by atoms with Crippen LogP contribution in [0.3, 0.4) is 0 Å². The predicted molar refractivity (Wildman–Crippen MR) is 73.4 cm³/mol. The molecule has 0 atom stereocenters. The van der Waals surface area contributed by atoms with Crippen molar-refractivity contribution in [2.24, 2.45) is 12.5 Å². The fourth-order valence-electron chi connectivity index (χ4n) is 1.76. The average Bonchev–Trinajstić information content (AvgIpc) is 2.68. The molecule has 1 aromatic heterocycles. The minimum absolute atomic E-state index is 0.309. The van der Waals surface area contributed by atoms with Crippen LogP contribution >= 0.6 is 0 Å². The van der Waals surface area contributed by atoms with E-state index in [1.807, 2.05) is 13.8 Å². The lowest BCUT2D eigenvalue weighted by atomic mass is 9.89. The number of carbonyl (C=O) groups is 1. The number of hydrogen-bond acceptors (Lipinski definition) is 4. The Morgan fingerprint density at radius 2 is 2.21 bits per heavy atom. The van der Waals surface area contributed by atoms with Gasteiger partial charge in [-0.25, -0.2) is 4.79 Å². The standard InChI is InChI=1S/C14H21N3O2/c1-14(2,10-15)6-4-5-7-19-13(18)12-8-11(16)9-17(12)3/h8-9H,4-7,16H2,1-3H3. The molecule has 1 heterocycles. The molecule has 0 amide bonds. The van der Waals surface area contributed by atoms with Crippen LogP contribution in [0.5, 0.6) is 0 Å². The van der Waals surface area contributed by atoms with E-state index in [4.69, 9.17) is 15.7 Å². The topological polar surface area (TPSA) is 81.0 Å². The van der Waals surface area contributed by atoms with Crippen LogP contribution in [-0.2, 0) is 11.8 Å². The number of ether oxygens (including phenoxy) is 1. The second kappa shape index (κ2) is 6.28. The quantitative estimate of drug-likeness (QED) is 0.631. The maximum absolute atomic E-state index is 11.7. The van der Waals surface area contributed by atoms with Crippen molar-refractivity contribution >= 4 is 11.7 Å². The van der Waals surface area contributed by atoms with E-state index in [-0.39, 0.29) is 11.4 Å². The van der Waals surface area contributed by atoms with Gasteiger partial charge < -0.3 is 15.0 Å². The summed E-state index contributed by atoms with van der Waals surface area (Å²) < 4.78 is 6.82. The Hall–Kier alpha value is -1.96. The number of anilines is 1. The first-order valence-electron chi connectivity index (χ1n) is 6.36. The summed E-state index contributed by atoms with van der Waals surface area (Å²) in [6.45, 7) is 4.18. The van der Waals surface area contributed by atoms with Crippen molar-refractivity contribution in [1.82, 2.24) is 4.57 Å². The molecule has 0 fully saturated rings. The summed E-state index contributed by atoms with van der Waals surface area (Å²) in [6.07, 6.45) is 4.10. The highest BCUT2D eigenvalue weighted by Gasteiger charge is 2.16. The highest BCUT2D eigenvalue weighted by atomic mass is 16.5. The van der Waals surface area contributed by atoms with Crippen molar-refractivity contribution in [3.8, 4) is 6.07 Å². The minimum Gasteiger partial charge on any atom is -0.461 e. The number of rotatable bonds is 6. The third-order valence-electron chi connectivity index (χ3n) is 2.97. The summed E-state index contributed by atoms with van der Waals surface area (Å²) in [6, 6.07) is 3.85. The van der Waals surface area contributed by atoms with Crippen LogP contribution in [0.2, 0.25) is 0 Å².